The molecule has 2 aliphatic heterocycles. The highest BCUT2D eigenvalue weighted by Crippen LogP contribution is 2.37. The average molecular weight is 379 g/mol. The van der Waals surface area contributed by atoms with Crippen LogP contribution in [0.1, 0.15) is 46.5 Å². The quantitative estimate of drug-likeness (QED) is 0.381. The van der Waals surface area contributed by atoms with E-state index in [4.69, 9.17) is 14.2 Å². The Morgan fingerprint density at radius 3 is 2.48 bits per heavy atom. The lowest BCUT2D eigenvalue weighted by Gasteiger charge is -2.36. The molecule has 27 heavy (non-hydrogen) atoms. The van der Waals surface area contributed by atoms with Gasteiger partial charge in [0.15, 0.2) is 0 Å². The van der Waals surface area contributed by atoms with Crippen molar-refractivity contribution >= 4 is 17.9 Å². The molecule has 2 bridgehead atoms. The van der Waals surface area contributed by atoms with Crippen molar-refractivity contribution in [3.8, 4) is 0 Å². The van der Waals surface area contributed by atoms with E-state index < -0.39 is 11.9 Å². The van der Waals surface area contributed by atoms with Gasteiger partial charge in [0.25, 0.3) is 0 Å². The summed E-state index contributed by atoms with van der Waals surface area (Å²) < 4.78 is 16.0. The summed E-state index contributed by atoms with van der Waals surface area (Å²) in [5.74, 6) is -1.37. The minimum Gasteiger partial charge on any atom is -0.463 e. The fourth-order valence-corrected chi connectivity index (χ4v) is 3.65. The van der Waals surface area contributed by atoms with Crippen LogP contribution in [0.15, 0.2) is 23.8 Å². The van der Waals surface area contributed by atoms with Crippen molar-refractivity contribution in [2.45, 2.75) is 70.7 Å². The first-order valence-corrected chi connectivity index (χ1v) is 9.37. The zero-order valence-electron chi connectivity index (χ0n) is 16.5. The highest BCUT2D eigenvalue weighted by Gasteiger charge is 2.47. The van der Waals surface area contributed by atoms with Crippen molar-refractivity contribution in [2.75, 3.05) is 13.7 Å². The van der Waals surface area contributed by atoms with Crippen LogP contribution < -0.4 is 0 Å². The number of hydrogen-bond donors (Lipinski definition) is 0. The molecule has 0 N–H and O–H groups in total. The third-order valence-electron chi connectivity index (χ3n) is 5.31. The molecule has 0 aliphatic carbocycles. The van der Waals surface area contributed by atoms with Gasteiger partial charge in [0.05, 0.1) is 19.1 Å². The van der Waals surface area contributed by atoms with Crippen LogP contribution in [-0.4, -0.2) is 60.8 Å². The molecule has 7 nitrogen and oxygen atoms in total. The number of rotatable bonds is 7. The van der Waals surface area contributed by atoms with E-state index >= 15 is 0 Å². The molecule has 2 rings (SSSR count). The smallest absolute Gasteiger partial charge is 0.333 e. The van der Waals surface area contributed by atoms with Gasteiger partial charge in [-0.3, -0.25) is 9.69 Å². The Labute approximate surface area is 160 Å². The van der Waals surface area contributed by atoms with Crippen LogP contribution in [0.4, 0.5) is 0 Å². The molecule has 4 atom stereocenters. The Morgan fingerprint density at radius 1 is 1.15 bits per heavy atom. The van der Waals surface area contributed by atoms with Gasteiger partial charge in [-0.15, -0.1) is 0 Å². The lowest BCUT2D eigenvalue weighted by Crippen LogP contribution is -2.46. The van der Waals surface area contributed by atoms with E-state index in [1.54, 1.807) is 26.8 Å². The van der Waals surface area contributed by atoms with Crippen LogP contribution in [0.25, 0.3) is 0 Å². The van der Waals surface area contributed by atoms with Crippen molar-refractivity contribution in [1.29, 1.82) is 0 Å². The molecule has 0 spiro atoms. The van der Waals surface area contributed by atoms with Gasteiger partial charge >= 0.3 is 17.9 Å². The Bertz CT molecular complexity index is 640. The fourth-order valence-electron chi connectivity index (χ4n) is 3.65. The second-order valence-corrected chi connectivity index (χ2v) is 7.12. The molecule has 0 aromatic rings. The number of hydrogen-bond acceptors (Lipinski definition) is 7. The van der Waals surface area contributed by atoms with E-state index in [1.165, 1.54) is 0 Å². The molecule has 0 saturated carbocycles. The molecule has 7 heteroatoms. The number of esters is 3. The summed E-state index contributed by atoms with van der Waals surface area (Å²) in [6, 6.07) is 0.210. The van der Waals surface area contributed by atoms with Gasteiger partial charge in [0, 0.05) is 36.5 Å². The lowest BCUT2D eigenvalue weighted by molar-refractivity contribution is -0.155. The highest BCUT2D eigenvalue weighted by molar-refractivity contribution is 5.93. The Kier molecular flexibility index (Phi) is 7.18. The molecule has 2 heterocycles. The maximum atomic E-state index is 12.1. The van der Waals surface area contributed by atoms with Crippen LogP contribution in [0.3, 0.4) is 0 Å². The molecular formula is C20H29NO6. The molecule has 2 aliphatic rings. The molecule has 0 aromatic carbocycles. The van der Waals surface area contributed by atoms with E-state index in [0.717, 1.165) is 6.42 Å². The summed E-state index contributed by atoms with van der Waals surface area (Å²) >= 11 is 0. The molecular weight excluding hydrogens is 350 g/mol. The van der Waals surface area contributed by atoms with Crippen molar-refractivity contribution in [2.24, 2.45) is 0 Å². The number of carbonyl (C=O) groups is 3. The minimum absolute atomic E-state index is 0.0171. The Morgan fingerprint density at radius 2 is 1.85 bits per heavy atom. The molecule has 0 unspecified atom stereocenters. The summed E-state index contributed by atoms with van der Waals surface area (Å²) in [6.45, 7) is 9.04. The maximum Gasteiger partial charge on any atom is 0.333 e. The number of fused-ring (bicyclic) bond motifs is 2. The monoisotopic (exact) mass is 379 g/mol. The summed E-state index contributed by atoms with van der Waals surface area (Å²) in [5.41, 5.74) is 0.672. The van der Waals surface area contributed by atoms with Crippen LogP contribution in [-0.2, 0) is 28.6 Å². The van der Waals surface area contributed by atoms with Crippen molar-refractivity contribution in [3.05, 3.63) is 23.8 Å². The maximum absolute atomic E-state index is 12.1. The Hall–Kier alpha value is -2.15. The van der Waals surface area contributed by atoms with Crippen LogP contribution in [0.2, 0.25) is 0 Å². The van der Waals surface area contributed by atoms with E-state index in [9.17, 15) is 14.4 Å². The number of ether oxygens (including phenoxy) is 3. The predicted octanol–water partition coefficient (Wildman–Crippen LogP) is 2.15. The van der Waals surface area contributed by atoms with Crippen LogP contribution >= 0.6 is 0 Å². The first-order chi connectivity index (χ1) is 12.8. The summed E-state index contributed by atoms with van der Waals surface area (Å²) in [5, 5.41) is 0. The number of piperidine rings is 1. The number of carbonyl (C=O) groups excluding carboxylic acids is 3. The average Bonchev–Trinajstić information content (AvgIpc) is 2.79. The van der Waals surface area contributed by atoms with Gasteiger partial charge in [-0.1, -0.05) is 12.7 Å². The van der Waals surface area contributed by atoms with E-state index in [1.807, 2.05) is 7.05 Å². The van der Waals surface area contributed by atoms with Gasteiger partial charge in [0.2, 0.25) is 0 Å². The third kappa shape index (κ3) is 5.19. The topological polar surface area (TPSA) is 82.1 Å². The zero-order valence-corrected chi connectivity index (χ0v) is 16.5. The molecule has 2 fully saturated rings. The van der Waals surface area contributed by atoms with Crippen molar-refractivity contribution < 1.29 is 28.6 Å². The largest absolute Gasteiger partial charge is 0.463 e. The SMILES string of the molecule is C=C(CC(=O)O[C@@H]1C[C@@H]2C[C@@H](OC(=O)/C(C)=C/C)[C@H](C1)N2C)C(=O)OCC. The number of likely N-dealkylation sites (N-methyl/N-ethyl adjacent to an activating group) is 1. The zero-order chi connectivity index (χ0) is 20.1. The third-order valence-corrected chi connectivity index (χ3v) is 5.31. The molecule has 0 amide bonds. The minimum atomic E-state index is -0.579. The summed E-state index contributed by atoms with van der Waals surface area (Å²) in [4.78, 5) is 38.0. The molecule has 0 radical (unpaired) electrons. The Balaban J connectivity index is 1.90. The van der Waals surface area contributed by atoms with Gasteiger partial charge in [-0.05, 0) is 27.8 Å². The van der Waals surface area contributed by atoms with Crippen molar-refractivity contribution in [3.63, 3.8) is 0 Å². The van der Waals surface area contributed by atoms with Gasteiger partial charge in [0.1, 0.15) is 12.2 Å². The lowest BCUT2D eigenvalue weighted by atomic mass is 10.00. The second-order valence-electron chi connectivity index (χ2n) is 7.12. The van der Waals surface area contributed by atoms with Crippen LogP contribution in [0.5, 0.6) is 0 Å². The standard InChI is InChI=1S/C20H29NO6/c1-6-12(3)20(24)27-17-10-14-9-15(11-16(17)21(14)5)26-18(22)8-13(4)19(23)25-7-2/h6,14-17H,4,7-11H2,1-3,5H3/b12-6+/t14-,15-,16+,17-/m1/s1. The molecule has 0 aromatic heterocycles. The summed E-state index contributed by atoms with van der Waals surface area (Å²) in [6.07, 6.45) is 3.09. The first kappa shape index (κ1) is 21.2. The number of allylic oxidation sites excluding steroid dienone is 1. The van der Waals surface area contributed by atoms with Crippen LogP contribution in [0, 0.1) is 0 Å². The normalized spacial score (nSPS) is 27.8. The van der Waals surface area contributed by atoms with Crippen molar-refractivity contribution in [1.82, 2.24) is 4.90 Å². The molecule has 2 saturated heterocycles. The number of nitrogens with zero attached hydrogens (tertiary/aromatic N) is 1. The predicted molar refractivity (Wildman–Crippen MR) is 98.8 cm³/mol. The molecule has 150 valence electrons. The van der Waals surface area contributed by atoms with E-state index in [-0.39, 0.29) is 48.9 Å². The highest BCUT2D eigenvalue weighted by atomic mass is 16.6. The van der Waals surface area contributed by atoms with E-state index in [0.29, 0.717) is 18.4 Å². The first-order valence-electron chi connectivity index (χ1n) is 9.37. The van der Waals surface area contributed by atoms with Gasteiger partial charge < -0.3 is 14.2 Å². The van der Waals surface area contributed by atoms with E-state index in [2.05, 4.69) is 11.5 Å². The summed E-state index contributed by atoms with van der Waals surface area (Å²) in [7, 11) is 2.01. The fraction of sp³-hybridized carbons (Fsp3) is 0.650. The van der Waals surface area contributed by atoms with Gasteiger partial charge in [-0.2, -0.15) is 0 Å². The second kappa shape index (κ2) is 9.17. The van der Waals surface area contributed by atoms with Gasteiger partial charge in [-0.25, -0.2) is 9.59 Å².